The lowest BCUT2D eigenvalue weighted by molar-refractivity contribution is -0.200. The van der Waals surface area contributed by atoms with Gasteiger partial charge in [-0.25, -0.2) is 13.2 Å². The van der Waals surface area contributed by atoms with Gasteiger partial charge in [0.15, 0.2) is 5.78 Å². The molecule has 1 saturated heterocycles. The fraction of sp³-hybridized carbons (Fsp3) is 0.324. The summed E-state index contributed by atoms with van der Waals surface area (Å²) in [5.41, 5.74) is 2.29. The summed E-state index contributed by atoms with van der Waals surface area (Å²) in [6, 6.07) is 11.3. The Morgan fingerprint density at radius 1 is 1.00 bits per heavy atom. The van der Waals surface area contributed by atoms with Crippen LogP contribution >= 0.6 is 0 Å². The van der Waals surface area contributed by atoms with Gasteiger partial charge in [0.1, 0.15) is 18.1 Å². The minimum absolute atomic E-state index is 0.0425. The molecular formula is C34H35N3O12S2. The van der Waals surface area contributed by atoms with Gasteiger partial charge in [0.05, 0.1) is 17.2 Å². The molecule has 0 unspecified atom stereocenters. The van der Waals surface area contributed by atoms with E-state index in [4.69, 9.17) is 9.57 Å². The smallest absolute Gasteiger partial charge is 0.358 e. The van der Waals surface area contributed by atoms with Crippen molar-refractivity contribution in [2.24, 2.45) is 0 Å². The van der Waals surface area contributed by atoms with Crippen molar-refractivity contribution in [3.05, 3.63) is 88.5 Å². The number of nitrogens with zero attached hydrogens (tertiary/aromatic N) is 2. The lowest BCUT2D eigenvalue weighted by Crippen LogP contribution is -2.34. The van der Waals surface area contributed by atoms with Crippen LogP contribution in [0.1, 0.15) is 49.0 Å². The lowest BCUT2D eigenvalue weighted by Gasteiger charge is -2.27. The van der Waals surface area contributed by atoms with Crippen LogP contribution in [0.5, 0.6) is 0 Å². The number of hydrogen-bond acceptors (Lipinski definition) is 13. The van der Waals surface area contributed by atoms with Crippen molar-refractivity contribution in [3.63, 3.8) is 0 Å². The molecule has 1 fully saturated rings. The minimum Gasteiger partial charge on any atom is -0.378 e. The zero-order valence-electron chi connectivity index (χ0n) is 27.7. The molecule has 3 aliphatic rings. The fourth-order valence-electron chi connectivity index (χ4n) is 5.93. The third kappa shape index (κ3) is 8.17. The van der Waals surface area contributed by atoms with Crippen LogP contribution in [0.25, 0.3) is 0 Å². The van der Waals surface area contributed by atoms with Crippen LogP contribution < -0.4 is 10.2 Å². The summed E-state index contributed by atoms with van der Waals surface area (Å²) in [4.78, 5) is 66.5. The number of amides is 2. The van der Waals surface area contributed by atoms with Gasteiger partial charge in [-0.3, -0.25) is 23.7 Å². The van der Waals surface area contributed by atoms with Gasteiger partial charge in [0.2, 0.25) is 15.6 Å². The van der Waals surface area contributed by atoms with E-state index >= 15 is 0 Å². The average Bonchev–Trinajstić information content (AvgIpc) is 3.56. The fourth-order valence-corrected chi connectivity index (χ4v) is 7.98. The van der Waals surface area contributed by atoms with Crippen LogP contribution in [0.15, 0.2) is 82.3 Å². The van der Waals surface area contributed by atoms with Gasteiger partial charge in [0.25, 0.3) is 21.9 Å². The zero-order valence-corrected chi connectivity index (χ0v) is 29.3. The van der Waals surface area contributed by atoms with Crippen LogP contribution in [0.2, 0.25) is 0 Å². The summed E-state index contributed by atoms with van der Waals surface area (Å²) in [6.07, 6.45) is 6.01. The molecule has 2 N–H and O–H groups in total. The molecule has 2 amide bonds. The Morgan fingerprint density at radius 3 is 2.37 bits per heavy atom. The average molecular weight is 742 g/mol. The second-order valence-electron chi connectivity index (χ2n) is 12.4. The number of carbonyl (C=O) groups is 5. The predicted octanol–water partition coefficient (Wildman–Crippen LogP) is 2.66. The molecule has 0 aromatic heterocycles. The second kappa shape index (κ2) is 14.7. The number of ether oxygens (including phenoxy) is 1. The van der Waals surface area contributed by atoms with Gasteiger partial charge >= 0.3 is 5.97 Å². The molecule has 0 atom stereocenters. The van der Waals surface area contributed by atoms with Crippen LogP contribution in [0.3, 0.4) is 0 Å². The number of allylic oxidation sites excluding steroid dienone is 6. The van der Waals surface area contributed by atoms with Crippen molar-refractivity contribution >= 4 is 60.7 Å². The maximum atomic E-state index is 12.9. The van der Waals surface area contributed by atoms with Gasteiger partial charge < -0.3 is 19.8 Å². The van der Waals surface area contributed by atoms with Crippen molar-refractivity contribution in [1.29, 1.82) is 0 Å². The monoisotopic (exact) mass is 741 g/mol. The number of imide groups is 1. The Bertz CT molecular complexity index is 2100. The first kappa shape index (κ1) is 37.3. The molecular weight excluding hydrogens is 707 g/mol. The largest absolute Gasteiger partial charge is 0.378 e. The summed E-state index contributed by atoms with van der Waals surface area (Å²) in [7, 11) is -8.18. The molecule has 15 nitrogen and oxygen atoms in total. The van der Waals surface area contributed by atoms with E-state index in [2.05, 4.69) is 5.32 Å². The first-order chi connectivity index (χ1) is 24.0. The van der Waals surface area contributed by atoms with Crippen molar-refractivity contribution in [2.75, 3.05) is 42.3 Å². The molecule has 17 heteroatoms. The summed E-state index contributed by atoms with van der Waals surface area (Å²) in [5, 5.41) is 3.40. The summed E-state index contributed by atoms with van der Waals surface area (Å²) in [5.74, 6) is -3.74. The van der Waals surface area contributed by atoms with Crippen molar-refractivity contribution in [1.82, 2.24) is 5.06 Å². The molecule has 2 aromatic rings. The maximum Gasteiger partial charge on any atom is 0.358 e. The van der Waals surface area contributed by atoms with Gasteiger partial charge in [0, 0.05) is 47.4 Å². The maximum absolute atomic E-state index is 12.9. The Kier molecular flexibility index (Phi) is 10.8. The highest BCUT2D eigenvalue weighted by Gasteiger charge is 2.41. The van der Waals surface area contributed by atoms with Crippen LogP contribution in [-0.4, -0.2) is 87.9 Å². The Labute approximate surface area is 294 Å². The lowest BCUT2D eigenvalue weighted by atomic mass is 9.83. The summed E-state index contributed by atoms with van der Waals surface area (Å²) < 4.78 is 63.2. The number of benzene rings is 2. The third-order valence-electron chi connectivity index (χ3n) is 8.39. The van der Waals surface area contributed by atoms with Crippen LogP contribution in [0.4, 0.5) is 11.4 Å². The molecule has 0 bridgehead atoms. The van der Waals surface area contributed by atoms with E-state index in [1.165, 1.54) is 24.3 Å². The van der Waals surface area contributed by atoms with Gasteiger partial charge in [-0.2, -0.15) is 8.42 Å². The first-order valence-electron chi connectivity index (χ1n) is 15.8. The number of sulfone groups is 1. The standard InChI is InChI=1S/C34H35N3O12S2/c1-34(2)25-18-22(35-19-23(38)20-48-21-32(41)49-37-30(39)14-15-31(37)40)12-13-26(25)36(16-7-17-50(43,44)45)29(34)11-6-5-10-28-33(42)24-8-3-4-9-27(24)51(28,46)47/h3-6,8-13,18,35H,7,14-17,19-21H2,1-2H3,(H,43,44,45)/b6-5+,28-10-,29-11-. The SMILES string of the molecule is CC1(C)/C(=C/C=C/C=C2/C(=O)c3ccccc3S2(=O)=O)N(CCCS(=O)(=O)O)c2ccc(NCC(=O)COCC(=O)ON3C(=O)CCC3=O)cc21. The molecule has 0 aliphatic carbocycles. The summed E-state index contributed by atoms with van der Waals surface area (Å²) in [6.45, 7) is 2.81. The molecule has 270 valence electrons. The van der Waals surface area contributed by atoms with Crippen LogP contribution in [-0.2, 0) is 54.1 Å². The number of ketones is 2. The number of hydrogen-bond donors (Lipinski definition) is 2. The van der Waals surface area contributed by atoms with E-state index < -0.39 is 73.7 Å². The van der Waals surface area contributed by atoms with Gasteiger partial charge in [-0.05, 0) is 54.5 Å². The third-order valence-corrected chi connectivity index (χ3v) is 11.0. The highest BCUT2D eigenvalue weighted by molar-refractivity contribution is 7.97. The summed E-state index contributed by atoms with van der Waals surface area (Å²) >= 11 is 0. The van der Waals surface area contributed by atoms with E-state index in [0.717, 1.165) is 16.9 Å². The van der Waals surface area contributed by atoms with Crippen LogP contribution in [0, 0.1) is 0 Å². The number of hydroxylamine groups is 2. The van der Waals surface area contributed by atoms with E-state index in [9.17, 15) is 45.4 Å². The Balaban J connectivity index is 1.27. The normalized spacial score (nSPS) is 19.3. The molecule has 5 rings (SSSR count). The second-order valence-corrected chi connectivity index (χ2v) is 15.8. The van der Waals surface area contributed by atoms with E-state index in [-0.39, 0.29) is 47.7 Å². The quantitative estimate of drug-likeness (QED) is 0.162. The number of Topliss-reactive ketones (excluding diaryl/α,β-unsaturated/α-hetero) is 2. The van der Waals surface area contributed by atoms with E-state index in [1.54, 1.807) is 36.4 Å². The Morgan fingerprint density at radius 2 is 1.69 bits per heavy atom. The number of carbonyl (C=O) groups excluding carboxylic acids is 5. The van der Waals surface area contributed by atoms with E-state index in [0.29, 0.717) is 10.8 Å². The highest BCUT2D eigenvalue weighted by Crippen LogP contribution is 2.48. The first-order valence-corrected chi connectivity index (χ1v) is 18.8. The van der Waals surface area contributed by atoms with Crippen molar-refractivity contribution in [3.8, 4) is 0 Å². The number of rotatable bonds is 14. The van der Waals surface area contributed by atoms with Crippen molar-refractivity contribution in [2.45, 2.75) is 43.4 Å². The highest BCUT2D eigenvalue weighted by atomic mass is 32.2. The number of anilines is 2. The predicted molar refractivity (Wildman–Crippen MR) is 183 cm³/mol. The van der Waals surface area contributed by atoms with Crippen molar-refractivity contribution < 1.29 is 54.9 Å². The molecule has 3 heterocycles. The molecule has 2 aromatic carbocycles. The number of nitrogens with one attached hydrogen (secondary N) is 1. The molecule has 0 spiro atoms. The topological polar surface area (TPSA) is 211 Å². The van der Waals surface area contributed by atoms with E-state index in [1.807, 2.05) is 24.8 Å². The molecule has 0 saturated carbocycles. The van der Waals surface area contributed by atoms with Gasteiger partial charge in [-0.1, -0.05) is 38.1 Å². The molecule has 3 aliphatic heterocycles. The minimum atomic E-state index is -4.22. The Hall–Kier alpha value is -4.97. The van der Waals surface area contributed by atoms with Gasteiger partial charge in [-0.15, -0.1) is 5.06 Å². The molecule has 0 radical (unpaired) electrons. The zero-order chi connectivity index (χ0) is 37.1. The number of fused-ring (bicyclic) bond motifs is 2. The molecule has 51 heavy (non-hydrogen) atoms.